The number of amides is 2. The van der Waals surface area contributed by atoms with Crippen LogP contribution < -0.4 is 10.1 Å². The molecule has 1 aliphatic rings. The van der Waals surface area contributed by atoms with Crippen LogP contribution in [-0.2, 0) is 0 Å². The highest BCUT2D eigenvalue weighted by molar-refractivity contribution is 5.89. The van der Waals surface area contributed by atoms with Crippen LogP contribution in [0.1, 0.15) is 24.7 Å². The number of hydrogen-bond donors (Lipinski definition) is 1. The summed E-state index contributed by atoms with van der Waals surface area (Å²) in [5.41, 5.74) is 1.40. The van der Waals surface area contributed by atoms with E-state index in [0.717, 1.165) is 24.3 Å². The number of likely N-dealkylation sites (tertiary alicyclic amines) is 1. The fourth-order valence-corrected chi connectivity index (χ4v) is 3.32. The zero-order valence-corrected chi connectivity index (χ0v) is 16.0. The first-order valence-corrected chi connectivity index (χ1v) is 9.41. The average Bonchev–Trinajstić information content (AvgIpc) is 3.25. The van der Waals surface area contributed by atoms with Gasteiger partial charge in [0.25, 0.3) is 0 Å². The zero-order valence-electron chi connectivity index (χ0n) is 16.0. The van der Waals surface area contributed by atoms with E-state index < -0.39 is 0 Å². The number of carbonyl (C=O) groups excluding carboxylic acids is 1. The summed E-state index contributed by atoms with van der Waals surface area (Å²) in [6, 6.07) is 13.0. The van der Waals surface area contributed by atoms with Gasteiger partial charge >= 0.3 is 6.03 Å². The van der Waals surface area contributed by atoms with Crippen molar-refractivity contribution in [1.82, 2.24) is 15.1 Å². The Bertz CT molecular complexity index is 964. The van der Waals surface area contributed by atoms with Crippen molar-refractivity contribution in [2.75, 3.05) is 25.5 Å². The van der Waals surface area contributed by atoms with E-state index in [1.807, 2.05) is 0 Å². The van der Waals surface area contributed by atoms with Gasteiger partial charge in [0.2, 0.25) is 11.8 Å². The fraction of sp³-hybridized carbons (Fsp3) is 0.286. The number of nitrogens with zero attached hydrogens (tertiary/aromatic N) is 3. The molecule has 2 aromatic carbocycles. The van der Waals surface area contributed by atoms with Gasteiger partial charge in [-0.1, -0.05) is 0 Å². The largest absolute Gasteiger partial charge is 0.497 e. The van der Waals surface area contributed by atoms with E-state index in [1.165, 1.54) is 12.1 Å². The van der Waals surface area contributed by atoms with E-state index in [9.17, 15) is 9.18 Å². The number of nitrogens with one attached hydrogen (secondary N) is 1. The minimum absolute atomic E-state index is 0.0988. The molecule has 8 heteroatoms. The number of piperidine rings is 1. The monoisotopic (exact) mass is 396 g/mol. The standard InChI is InChI=1S/C21H21FN4O3/c1-28-18-8-6-17(7-9-18)23-21(27)26-12-10-15(11-13-26)20-25-24-19(29-20)14-2-4-16(22)5-3-14/h2-9,15H,10-13H2,1H3,(H,23,27). The second kappa shape index (κ2) is 8.30. The molecule has 150 valence electrons. The number of anilines is 1. The number of hydrogen-bond acceptors (Lipinski definition) is 5. The first-order chi connectivity index (χ1) is 14.1. The lowest BCUT2D eigenvalue weighted by Gasteiger charge is -2.30. The normalized spacial score (nSPS) is 14.6. The molecule has 0 aliphatic carbocycles. The number of carbonyl (C=O) groups is 1. The Morgan fingerprint density at radius 1 is 1.10 bits per heavy atom. The molecule has 1 saturated heterocycles. The first kappa shape index (κ1) is 18.9. The molecule has 0 spiro atoms. The highest BCUT2D eigenvalue weighted by Gasteiger charge is 2.27. The van der Waals surface area contributed by atoms with E-state index in [-0.39, 0.29) is 17.8 Å². The SMILES string of the molecule is COc1ccc(NC(=O)N2CCC(c3nnc(-c4ccc(F)cc4)o3)CC2)cc1. The molecule has 0 unspecified atom stereocenters. The van der Waals surface area contributed by atoms with Crippen molar-refractivity contribution < 1.29 is 18.3 Å². The average molecular weight is 396 g/mol. The summed E-state index contributed by atoms with van der Waals surface area (Å²) in [4.78, 5) is 14.3. The third kappa shape index (κ3) is 4.37. The molecule has 0 saturated carbocycles. The molecular formula is C21H21FN4O3. The van der Waals surface area contributed by atoms with Gasteiger partial charge in [-0.25, -0.2) is 9.18 Å². The van der Waals surface area contributed by atoms with Gasteiger partial charge < -0.3 is 19.4 Å². The number of aromatic nitrogens is 2. The van der Waals surface area contributed by atoms with Gasteiger partial charge in [0.05, 0.1) is 7.11 Å². The molecular weight excluding hydrogens is 375 g/mol. The maximum absolute atomic E-state index is 13.1. The Kier molecular flexibility index (Phi) is 5.41. The molecule has 1 N–H and O–H groups in total. The molecule has 29 heavy (non-hydrogen) atoms. The van der Waals surface area contributed by atoms with Crippen LogP contribution in [0.4, 0.5) is 14.9 Å². The number of urea groups is 1. The zero-order chi connectivity index (χ0) is 20.2. The topological polar surface area (TPSA) is 80.5 Å². The van der Waals surface area contributed by atoms with Crippen LogP contribution in [0, 0.1) is 5.82 Å². The van der Waals surface area contributed by atoms with Crippen LogP contribution >= 0.6 is 0 Å². The Labute approximate surface area is 167 Å². The summed E-state index contributed by atoms with van der Waals surface area (Å²) in [6.07, 6.45) is 1.47. The predicted molar refractivity (Wildman–Crippen MR) is 105 cm³/mol. The third-order valence-corrected chi connectivity index (χ3v) is 5.00. The van der Waals surface area contributed by atoms with E-state index in [0.29, 0.717) is 30.4 Å². The Balaban J connectivity index is 1.33. The summed E-state index contributed by atoms with van der Waals surface area (Å²) in [5.74, 6) is 1.46. The maximum Gasteiger partial charge on any atom is 0.321 e. The molecule has 0 bridgehead atoms. The number of methoxy groups -OCH3 is 1. The quantitative estimate of drug-likeness (QED) is 0.711. The second-order valence-electron chi connectivity index (χ2n) is 6.87. The number of rotatable bonds is 4. The number of benzene rings is 2. The molecule has 1 fully saturated rings. The van der Waals surface area contributed by atoms with E-state index in [2.05, 4.69) is 15.5 Å². The molecule has 4 rings (SSSR count). The molecule has 2 amide bonds. The van der Waals surface area contributed by atoms with E-state index in [4.69, 9.17) is 9.15 Å². The maximum atomic E-state index is 13.1. The second-order valence-corrected chi connectivity index (χ2v) is 6.87. The van der Waals surface area contributed by atoms with Crippen LogP contribution in [0.2, 0.25) is 0 Å². The van der Waals surface area contributed by atoms with Crippen LogP contribution in [-0.4, -0.2) is 41.3 Å². The smallest absolute Gasteiger partial charge is 0.321 e. The van der Waals surface area contributed by atoms with Crippen LogP contribution in [0.3, 0.4) is 0 Å². The van der Waals surface area contributed by atoms with Crippen LogP contribution in [0.5, 0.6) is 5.75 Å². The van der Waals surface area contributed by atoms with Crippen molar-refractivity contribution in [1.29, 1.82) is 0 Å². The Morgan fingerprint density at radius 3 is 2.45 bits per heavy atom. The summed E-state index contributed by atoms with van der Waals surface area (Å²) in [6.45, 7) is 1.20. The van der Waals surface area contributed by atoms with Crippen LogP contribution in [0.15, 0.2) is 52.9 Å². The first-order valence-electron chi connectivity index (χ1n) is 9.41. The molecule has 1 aliphatic heterocycles. The summed E-state index contributed by atoms with van der Waals surface area (Å²) >= 11 is 0. The molecule has 3 aromatic rings. The highest BCUT2D eigenvalue weighted by atomic mass is 19.1. The van der Waals surface area contributed by atoms with Gasteiger partial charge in [0, 0.05) is 30.3 Å². The third-order valence-electron chi connectivity index (χ3n) is 5.00. The van der Waals surface area contributed by atoms with Crippen LogP contribution in [0.25, 0.3) is 11.5 Å². The molecule has 0 atom stereocenters. The molecule has 7 nitrogen and oxygen atoms in total. The van der Waals surface area contributed by atoms with Gasteiger partial charge in [-0.05, 0) is 61.4 Å². The minimum atomic E-state index is -0.311. The van der Waals surface area contributed by atoms with E-state index in [1.54, 1.807) is 48.4 Å². The highest BCUT2D eigenvalue weighted by Crippen LogP contribution is 2.29. The van der Waals surface area contributed by atoms with E-state index >= 15 is 0 Å². The molecule has 2 heterocycles. The van der Waals surface area contributed by atoms with Gasteiger partial charge in [0.1, 0.15) is 11.6 Å². The van der Waals surface area contributed by atoms with Gasteiger partial charge in [0.15, 0.2) is 0 Å². The summed E-state index contributed by atoms with van der Waals surface area (Å²) < 4.78 is 24.0. The van der Waals surface area contributed by atoms with Crippen molar-refractivity contribution in [3.63, 3.8) is 0 Å². The van der Waals surface area contributed by atoms with Crippen molar-refractivity contribution >= 4 is 11.7 Å². The summed E-state index contributed by atoms with van der Waals surface area (Å²) in [5, 5.41) is 11.1. The lowest BCUT2D eigenvalue weighted by molar-refractivity contribution is 0.190. The van der Waals surface area contributed by atoms with Crippen molar-refractivity contribution in [3.8, 4) is 17.2 Å². The Morgan fingerprint density at radius 2 is 1.79 bits per heavy atom. The Hall–Kier alpha value is -3.42. The fourth-order valence-electron chi connectivity index (χ4n) is 3.32. The van der Waals surface area contributed by atoms with Gasteiger partial charge in [-0.2, -0.15) is 0 Å². The van der Waals surface area contributed by atoms with Crippen molar-refractivity contribution in [2.45, 2.75) is 18.8 Å². The number of ether oxygens (including phenoxy) is 1. The summed E-state index contributed by atoms with van der Waals surface area (Å²) in [7, 11) is 1.60. The van der Waals surface area contributed by atoms with Gasteiger partial charge in [-0.15, -0.1) is 10.2 Å². The van der Waals surface area contributed by atoms with Crippen molar-refractivity contribution in [2.24, 2.45) is 0 Å². The lowest BCUT2D eigenvalue weighted by Crippen LogP contribution is -2.40. The molecule has 0 radical (unpaired) electrons. The number of halogens is 1. The predicted octanol–water partition coefficient (Wildman–Crippen LogP) is 4.30. The lowest BCUT2D eigenvalue weighted by atomic mass is 9.97. The van der Waals surface area contributed by atoms with Gasteiger partial charge in [-0.3, -0.25) is 0 Å². The van der Waals surface area contributed by atoms with Crippen molar-refractivity contribution in [3.05, 3.63) is 60.2 Å². The molecule has 1 aromatic heterocycles. The minimum Gasteiger partial charge on any atom is -0.497 e.